The third kappa shape index (κ3) is 5.45. The zero-order valence-corrected chi connectivity index (χ0v) is 19.9. The molecular weight excluding hydrogens is 536 g/mol. The minimum absolute atomic E-state index is 0.0575. The maximum absolute atomic E-state index is 13.6. The second-order valence-electron chi connectivity index (χ2n) is 8.01. The summed E-state index contributed by atoms with van der Waals surface area (Å²) < 4.78 is 115. The minimum Gasteiger partial charge on any atom is -0.545 e. The number of methoxy groups -OCH3 is 1. The molecule has 0 spiro atoms. The highest BCUT2D eigenvalue weighted by atomic mass is 32.2. The fourth-order valence-corrected chi connectivity index (χ4v) is 5.03. The molecule has 1 atom stereocenters. The molecule has 8 nitrogen and oxygen atoms in total. The van der Waals surface area contributed by atoms with E-state index in [1.807, 2.05) is 0 Å². The van der Waals surface area contributed by atoms with Crippen LogP contribution in [0, 0.1) is 6.92 Å². The average molecular weight is 554 g/mol. The molecule has 1 heterocycles. The molecule has 37 heavy (non-hydrogen) atoms. The summed E-state index contributed by atoms with van der Waals surface area (Å²) in [5.74, 6) is -3.95. The van der Waals surface area contributed by atoms with Crippen molar-refractivity contribution in [2.45, 2.75) is 42.4 Å². The largest absolute Gasteiger partial charge is 0.545 e. The van der Waals surface area contributed by atoms with Crippen LogP contribution in [0.25, 0.3) is 0 Å². The Morgan fingerprint density at radius 2 is 1.73 bits per heavy atom. The van der Waals surface area contributed by atoms with Gasteiger partial charge >= 0.3 is 17.7 Å². The van der Waals surface area contributed by atoms with Gasteiger partial charge in [0.1, 0.15) is 22.4 Å². The van der Waals surface area contributed by atoms with Crippen LogP contribution in [-0.4, -0.2) is 45.6 Å². The van der Waals surface area contributed by atoms with Crippen LogP contribution in [0.2, 0.25) is 0 Å². The van der Waals surface area contributed by atoms with E-state index in [0.717, 1.165) is 30.2 Å². The Labute approximate surface area is 206 Å². The van der Waals surface area contributed by atoms with Crippen molar-refractivity contribution in [3.8, 4) is 11.5 Å². The van der Waals surface area contributed by atoms with Gasteiger partial charge in [-0.25, -0.2) is 13.2 Å². The summed E-state index contributed by atoms with van der Waals surface area (Å²) in [7, 11) is -5.29. The number of hydrogen-bond donors (Lipinski definition) is 0. The highest BCUT2D eigenvalue weighted by Crippen LogP contribution is 2.43. The van der Waals surface area contributed by atoms with Crippen LogP contribution in [0.4, 0.5) is 32.0 Å². The fourth-order valence-electron chi connectivity index (χ4n) is 3.91. The fraction of sp³-hybridized carbons (Fsp3) is 0.364. The normalized spacial score (nSPS) is 16.5. The van der Waals surface area contributed by atoms with Gasteiger partial charge in [0.2, 0.25) is 0 Å². The lowest BCUT2D eigenvalue weighted by atomic mass is 10.1. The first kappa shape index (κ1) is 28.1. The van der Waals surface area contributed by atoms with Crippen molar-refractivity contribution in [3.05, 3.63) is 47.0 Å². The number of carbonyl (C=O) groups is 2. The van der Waals surface area contributed by atoms with E-state index in [9.17, 15) is 49.5 Å². The Bertz CT molecular complexity index is 1340. The molecule has 1 aliphatic heterocycles. The Hall–Kier alpha value is -3.49. The molecule has 2 aromatic rings. The molecule has 1 saturated heterocycles. The standard InChI is InChI=1S/C22H19F6NO7S/c1-11-8-12(21(23,24)25)5-6-17(11)36-13-9-14(19(30)31)18(37(33,34)22(26,27)28)16(10-13)29-7-3-4-15(29)20(32)35-2/h5-6,8-10,15H,3-4,7H2,1-2H3,(H,30,31)/p-1. The zero-order chi connectivity index (χ0) is 27.9. The number of aromatic carboxylic acids is 1. The monoisotopic (exact) mass is 554 g/mol. The number of carboxylic acid groups (broad SMARTS) is 1. The molecule has 2 aromatic carbocycles. The number of anilines is 1. The van der Waals surface area contributed by atoms with Gasteiger partial charge in [0.15, 0.2) is 0 Å². The van der Waals surface area contributed by atoms with Gasteiger partial charge in [-0.3, -0.25) is 0 Å². The van der Waals surface area contributed by atoms with Crippen molar-refractivity contribution >= 4 is 27.5 Å². The summed E-state index contributed by atoms with van der Waals surface area (Å²) in [6.07, 6.45) is -4.40. The number of carboxylic acids is 1. The van der Waals surface area contributed by atoms with Crippen LogP contribution in [0.3, 0.4) is 0 Å². The number of alkyl halides is 6. The van der Waals surface area contributed by atoms with Gasteiger partial charge in [-0.05, 0) is 49.6 Å². The Morgan fingerprint density at radius 1 is 1.08 bits per heavy atom. The molecular formula is C22H18F6NO7S-. The molecule has 15 heteroatoms. The third-order valence-electron chi connectivity index (χ3n) is 5.60. The summed E-state index contributed by atoms with van der Waals surface area (Å²) in [4.78, 5) is 23.3. The lowest BCUT2D eigenvalue weighted by Crippen LogP contribution is -2.39. The number of nitrogens with zero attached hydrogens (tertiary/aromatic N) is 1. The van der Waals surface area contributed by atoms with E-state index >= 15 is 0 Å². The molecule has 0 N–H and O–H groups in total. The van der Waals surface area contributed by atoms with Crippen molar-refractivity contribution in [2.75, 3.05) is 18.6 Å². The SMILES string of the molecule is COC(=O)C1CCCN1c1cc(Oc2ccc(C(F)(F)F)cc2C)cc(C(=O)[O-])c1S(=O)(=O)C(F)(F)F. The van der Waals surface area contributed by atoms with E-state index in [1.165, 1.54) is 6.92 Å². The quantitative estimate of drug-likeness (QED) is 0.393. The average Bonchev–Trinajstić information content (AvgIpc) is 3.27. The molecule has 0 aromatic heterocycles. The van der Waals surface area contributed by atoms with Crippen molar-refractivity contribution in [1.82, 2.24) is 0 Å². The van der Waals surface area contributed by atoms with E-state index in [4.69, 9.17) is 4.74 Å². The van der Waals surface area contributed by atoms with Crippen LogP contribution in [0.5, 0.6) is 11.5 Å². The van der Waals surface area contributed by atoms with Gasteiger partial charge < -0.3 is 24.3 Å². The first-order valence-electron chi connectivity index (χ1n) is 10.4. The minimum atomic E-state index is -6.29. The van der Waals surface area contributed by atoms with Crippen molar-refractivity contribution in [1.29, 1.82) is 0 Å². The van der Waals surface area contributed by atoms with Crippen LogP contribution < -0.4 is 14.7 Å². The number of sulfone groups is 1. The van der Waals surface area contributed by atoms with E-state index in [2.05, 4.69) is 4.74 Å². The van der Waals surface area contributed by atoms with Gasteiger partial charge in [-0.15, -0.1) is 0 Å². The summed E-state index contributed by atoms with van der Waals surface area (Å²) in [6.45, 7) is 1.09. The molecule has 1 fully saturated rings. The topological polar surface area (TPSA) is 113 Å². The molecule has 1 unspecified atom stereocenters. The molecule has 0 radical (unpaired) electrons. The first-order chi connectivity index (χ1) is 17.0. The molecule has 0 bridgehead atoms. The zero-order valence-electron chi connectivity index (χ0n) is 19.1. The van der Waals surface area contributed by atoms with Crippen molar-refractivity contribution in [3.63, 3.8) is 0 Å². The van der Waals surface area contributed by atoms with Gasteiger partial charge in [0.25, 0.3) is 9.84 Å². The lowest BCUT2D eigenvalue weighted by Gasteiger charge is -2.29. The number of hydrogen-bond acceptors (Lipinski definition) is 8. The number of rotatable bonds is 6. The second kappa shape index (κ2) is 9.76. The van der Waals surface area contributed by atoms with Gasteiger partial charge in [-0.2, -0.15) is 26.3 Å². The maximum atomic E-state index is 13.6. The number of carbonyl (C=O) groups excluding carboxylic acids is 2. The maximum Gasteiger partial charge on any atom is 0.502 e. The highest BCUT2D eigenvalue weighted by molar-refractivity contribution is 7.92. The predicted octanol–water partition coefficient (Wildman–Crippen LogP) is 3.60. The van der Waals surface area contributed by atoms with Crippen LogP contribution >= 0.6 is 0 Å². The van der Waals surface area contributed by atoms with Crippen LogP contribution in [0.15, 0.2) is 35.2 Å². The molecule has 0 saturated carbocycles. The molecule has 3 rings (SSSR count). The van der Waals surface area contributed by atoms with Gasteiger partial charge in [0, 0.05) is 18.2 Å². The molecule has 202 valence electrons. The van der Waals surface area contributed by atoms with E-state index < -0.39 is 67.0 Å². The Kier molecular flexibility index (Phi) is 7.41. The predicted molar refractivity (Wildman–Crippen MR) is 113 cm³/mol. The molecule has 1 aliphatic rings. The van der Waals surface area contributed by atoms with Crippen LogP contribution in [0.1, 0.15) is 34.3 Å². The van der Waals surface area contributed by atoms with Gasteiger partial charge in [-0.1, -0.05) is 0 Å². The number of esters is 1. The summed E-state index contributed by atoms with van der Waals surface area (Å²) in [5.41, 5.74) is -9.22. The number of ether oxygens (including phenoxy) is 2. The van der Waals surface area contributed by atoms with E-state index in [0.29, 0.717) is 12.1 Å². The number of halogens is 6. The van der Waals surface area contributed by atoms with Gasteiger partial charge in [0.05, 0.1) is 24.3 Å². The molecule has 0 amide bonds. The first-order valence-corrected chi connectivity index (χ1v) is 11.9. The van der Waals surface area contributed by atoms with E-state index in [-0.39, 0.29) is 30.7 Å². The second-order valence-corrected chi connectivity index (χ2v) is 9.89. The van der Waals surface area contributed by atoms with Crippen molar-refractivity contribution in [2.24, 2.45) is 0 Å². The number of benzene rings is 2. The Morgan fingerprint density at radius 3 is 2.24 bits per heavy atom. The van der Waals surface area contributed by atoms with Crippen molar-refractivity contribution < 1.29 is 58.9 Å². The van der Waals surface area contributed by atoms with E-state index in [1.54, 1.807) is 0 Å². The van der Waals surface area contributed by atoms with Crippen LogP contribution in [-0.2, 0) is 25.5 Å². The lowest BCUT2D eigenvalue weighted by molar-refractivity contribution is -0.255. The third-order valence-corrected chi connectivity index (χ3v) is 7.18. The summed E-state index contributed by atoms with van der Waals surface area (Å²) in [5, 5.41) is 11.8. The smallest absolute Gasteiger partial charge is 0.502 e. The summed E-state index contributed by atoms with van der Waals surface area (Å²) in [6, 6.07) is 2.28. The Balaban J connectivity index is 2.26. The summed E-state index contributed by atoms with van der Waals surface area (Å²) >= 11 is 0. The molecule has 0 aliphatic carbocycles. The number of aryl methyl sites for hydroxylation is 1. The highest BCUT2D eigenvalue weighted by Gasteiger charge is 2.50.